The van der Waals surface area contributed by atoms with Crippen LogP contribution in [0.1, 0.15) is 25.3 Å². The summed E-state index contributed by atoms with van der Waals surface area (Å²) in [5.74, 6) is -0.302. The maximum atomic E-state index is 12.3. The van der Waals surface area contributed by atoms with Crippen molar-refractivity contribution in [3.05, 3.63) is 29.8 Å². The summed E-state index contributed by atoms with van der Waals surface area (Å²) in [6.07, 6.45) is -3.55. The Balaban J connectivity index is 2.61. The van der Waals surface area contributed by atoms with Gasteiger partial charge in [-0.2, -0.15) is 13.2 Å². The smallest absolute Gasteiger partial charge is 0.327 e. The first-order valence-electron chi connectivity index (χ1n) is 5.55. The number of carbonyl (C=O) groups excluding carboxylic acids is 1. The van der Waals surface area contributed by atoms with Crippen molar-refractivity contribution < 1.29 is 18.0 Å². The molecule has 0 heterocycles. The van der Waals surface area contributed by atoms with Gasteiger partial charge in [0.1, 0.15) is 0 Å². The van der Waals surface area contributed by atoms with Crippen LogP contribution in [0.2, 0.25) is 0 Å². The fraction of sp³-hybridized carbons (Fsp3) is 0.417. The van der Waals surface area contributed by atoms with Crippen molar-refractivity contribution in [3.63, 3.8) is 0 Å². The minimum Gasteiger partial charge on any atom is -0.327 e. The standard InChI is InChI=1S/C12H15F3N2O/c1-2-9(16)7-11(18)17-10-5-3-8(4-6-10)12(13,14)15/h3-6,9H,2,7,16H2,1H3,(H,17,18). The lowest BCUT2D eigenvalue weighted by molar-refractivity contribution is -0.137. The summed E-state index contributed by atoms with van der Waals surface area (Å²) in [6, 6.07) is 4.06. The van der Waals surface area contributed by atoms with E-state index in [1.165, 1.54) is 12.1 Å². The fourth-order valence-electron chi connectivity index (χ4n) is 1.34. The third-order valence-electron chi connectivity index (χ3n) is 2.47. The van der Waals surface area contributed by atoms with Crippen LogP contribution in [-0.4, -0.2) is 11.9 Å². The molecule has 6 heteroatoms. The lowest BCUT2D eigenvalue weighted by atomic mass is 10.1. The highest BCUT2D eigenvalue weighted by molar-refractivity contribution is 5.91. The first-order chi connectivity index (χ1) is 8.32. The van der Waals surface area contributed by atoms with Gasteiger partial charge in [-0.15, -0.1) is 0 Å². The van der Waals surface area contributed by atoms with Gasteiger partial charge < -0.3 is 11.1 Å². The van der Waals surface area contributed by atoms with Gasteiger partial charge in [0.15, 0.2) is 0 Å². The molecule has 0 aliphatic heterocycles. The van der Waals surface area contributed by atoms with Crippen molar-refractivity contribution in [2.75, 3.05) is 5.32 Å². The average molecular weight is 260 g/mol. The van der Waals surface area contributed by atoms with E-state index in [4.69, 9.17) is 5.73 Å². The molecular formula is C12H15F3N2O. The van der Waals surface area contributed by atoms with Crippen LogP contribution in [0.5, 0.6) is 0 Å². The lowest BCUT2D eigenvalue weighted by Crippen LogP contribution is -2.26. The molecule has 1 atom stereocenters. The molecule has 0 spiro atoms. The van der Waals surface area contributed by atoms with Crippen molar-refractivity contribution in [3.8, 4) is 0 Å². The van der Waals surface area contributed by atoms with Crippen LogP contribution in [0.3, 0.4) is 0 Å². The van der Waals surface area contributed by atoms with Crippen LogP contribution < -0.4 is 11.1 Å². The van der Waals surface area contributed by atoms with Gasteiger partial charge in [-0.25, -0.2) is 0 Å². The fourth-order valence-corrected chi connectivity index (χ4v) is 1.34. The molecule has 0 fully saturated rings. The van der Waals surface area contributed by atoms with E-state index < -0.39 is 11.7 Å². The van der Waals surface area contributed by atoms with E-state index in [0.717, 1.165) is 12.1 Å². The Morgan fingerprint density at radius 2 is 1.89 bits per heavy atom. The van der Waals surface area contributed by atoms with Gasteiger partial charge in [-0.3, -0.25) is 4.79 Å². The first kappa shape index (κ1) is 14.5. The number of amides is 1. The van der Waals surface area contributed by atoms with Gasteiger partial charge >= 0.3 is 6.18 Å². The highest BCUT2D eigenvalue weighted by Crippen LogP contribution is 2.29. The lowest BCUT2D eigenvalue weighted by Gasteiger charge is -2.10. The highest BCUT2D eigenvalue weighted by Gasteiger charge is 2.29. The molecule has 0 aliphatic carbocycles. The molecule has 0 aromatic heterocycles. The maximum absolute atomic E-state index is 12.3. The van der Waals surface area contributed by atoms with Crippen LogP contribution in [0.15, 0.2) is 24.3 Å². The molecule has 0 aliphatic rings. The second-order valence-electron chi connectivity index (χ2n) is 4.00. The predicted octanol–water partition coefficient (Wildman–Crippen LogP) is 2.77. The summed E-state index contributed by atoms with van der Waals surface area (Å²) < 4.78 is 36.9. The predicted molar refractivity (Wildman–Crippen MR) is 63.0 cm³/mol. The highest BCUT2D eigenvalue weighted by atomic mass is 19.4. The van der Waals surface area contributed by atoms with Crippen molar-refractivity contribution in [2.24, 2.45) is 5.73 Å². The number of hydrogen-bond acceptors (Lipinski definition) is 2. The molecule has 1 rings (SSSR count). The van der Waals surface area contributed by atoms with Gasteiger partial charge in [0.05, 0.1) is 5.56 Å². The summed E-state index contributed by atoms with van der Waals surface area (Å²) >= 11 is 0. The zero-order chi connectivity index (χ0) is 13.8. The second-order valence-corrected chi connectivity index (χ2v) is 4.00. The third-order valence-corrected chi connectivity index (χ3v) is 2.47. The second kappa shape index (κ2) is 5.86. The Kier molecular flexibility index (Phi) is 4.72. The van der Waals surface area contributed by atoms with Crippen molar-refractivity contribution in [1.29, 1.82) is 0 Å². The van der Waals surface area contributed by atoms with Crippen molar-refractivity contribution in [1.82, 2.24) is 0 Å². The summed E-state index contributed by atoms with van der Waals surface area (Å²) in [7, 11) is 0. The minimum absolute atomic E-state index is 0.150. The van der Waals surface area contributed by atoms with E-state index in [0.29, 0.717) is 12.1 Å². The van der Waals surface area contributed by atoms with E-state index in [1.807, 2.05) is 6.92 Å². The molecule has 1 unspecified atom stereocenters. The quantitative estimate of drug-likeness (QED) is 0.874. The van der Waals surface area contributed by atoms with E-state index in [1.54, 1.807) is 0 Å². The molecule has 0 saturated heterocycles. The molecule has 3 N–H and O–H groups in total. The van der Waals surface area contributed by atoms with E-state index in [9.17, 15) is 18.0 Å². The molecule has 18 heavy (non-hydrogen) atoms. The Hall–Kier alpha value is -1.56. The molecular weight excluding hydrogens is 245 g/mol. The number of alkyl halides is 3. The molecule has 0 bridgehead atoms. The Labute approximate surface area is 103 Å². The van der Waals surface area contributed by atoms with E-state index in [2.05, 4.69) is 5.32 Å². The Bertz CT molecular complexity index is 401. The summed E-state index contributed by atoms with van der Waals surface area (Å²) in [5.41, 5.74) is 5.18. The SMILES string of the molecule is CCC(N)CC(=O)Nc1ccc(C(F)(F)F)cc1. The Morgan fingerprint density at radius 3 is 2.33 bits per heavy atom. The third kappa shape index (κ3) is 4.37. The summed E-state index contributed by atoms with van der Waals surface area (Å²) in [6.45, 7) is 1.86. The van der Waals surface area contributed by atoms with Crippen LogP contribution >= 0.6 is 0 Å². The van der Waals surface area contributed by atoms with Crippen LogP contribution in [0, 0.1) is 0 Å². The van der Waals surface area contributed by atoms with Crippen LogP contribution in [0.25, 0.3) is 0 Å². The molecule has 100 valence electrons. The summed E-state index contributed by atoms with van der Waals surface area (Å²) in [5, 5.41) is 2.50. The van der Waals surface area contributed by atoms with Gasteiger partial charge in [0.25, 0.3) is 0 Å². The van der Waals surface area contributed by atoms with E-state index >= 15 is 0 Å². The molecule has 1 aromatic rings. The molecule has 3 nitrogen and oxygen atoms in total. The van der Waals surface area contributed by atoms with Gasteiger partial charge in [0, 0.05) is 18.2 Å². The molecule has 0 saturated carbocycles. The maximum Gasteiger partial charge on any atom is 0.416 e. The molecule has 0 radical (unpaired) electrons. The molecule has 1 amide bonds. The largest absolute Gasteiger partial charge is 0.416 e. The van der Waals surface area contributed by atoms with Crippen molar-refractivity contribution in [2.45, 2.75) is 32.0 Å². The van der Waals surface area contributed by atoms with E-state index in [-0.39, 0.29) is 18.4 Å². The number of carbonyl (C=O) groups is 1. The minimum atomic E-state index is -4.37. The van der Waals surface area contributed by atoms with Gasteiger partial charge in [0.2, 0.25) is 5.91 Å². The number of benzene rings is 1. The number of hydrogen-bond donors (Lipinski definition) is 2. The number of anilines is 1. The monoisotopic (exact) mass is 260 g/mol. The summed E-state index contributed by atoms with van der Waals surface area (Å²) in [4.78, 5) is 11.5. The zero-order valence-electron chi connectivity index (χ0n) is 9.92. The van der Waals surface area contributed by atoms with Crippen LogP contribution in [-0.2, 0) is 11.0 Å². The number of nitrogens with two attached hydrogens (primary N) is 1. The first-order valence-corrected chi connectivity index (χ1v) is 5.55. The zero-order valence-corrected chi connectivity index (χ0v) is 9.92. The number of rotatable bonds is 4. The Morgan fingerprint density at radius 1 is 1.33 bits per heavy atom. The normalized spacial score (nSPS) is 13.2. The van der Waals surface area contributed by atoms with Gasteiger partial charge in [-0.1, -0.05) is 6.92 Å². The number of halogens is 3. The van der Waals surface area contributed by atoms with Gasteiger partial charge in [-0.05, 0) is 30.7 Å². The van der Waals surface area contributed by atoms with Crippen molar-refractivity contribution >= 4 is 11.6 Å². The van der Waals surface area contributed by atoms with Crippen LogP contribution in [0.4, 0.5) is 18.9 Å². The topological polar surface area (TPSA) is 55.1 Å². The number of nitrogens with one attached hydrogen (secondary N) is 1. The average Bonchev–Trinajstić information content (AvgIpc) is 2.28. The molecule has 1 aromatic carbocycles.